The van der Waals surface area contributed by atoms with Gasteiger partial charge in [0.2, 0.25) is 0 Å². The number of carbonyl (C=O) groups excluding carboxylic acids is 1. The van der Waals surface area contributed by atoms with E-state index in [4.69, 9.17) is 0 Å². The molecule has 1 aliphatic heterocycles. The molecule has 0 aromatic heterocycles. The molecule has 3 nitrogen and oxygen atoms in total. The molecule has 0 fully saturated rings. The molecule has 0 radical (unpaired) electrons. The zero-order chi connectivity index (χ0) is 9.97. The maximum absolute atomic E-state index is 11.2. The van der Waals surface area contributed by atoms with Crippen LogP contribution < -0.4 is 0 Å². The minimum absolute atomic E-state index is 0.383. The van der Waals surface area contributed by atoms with E-state index in [1.165, 1.54) is 0 Å². The molecule has 0 saturated carbocycles. The molecule has 0 N–H and O–H groups in total. The summed E-state index contributed by atoms with van der Waals surface area (Å²) in [5.41, 5.74) is 2.12. The number of hydrogen-bond acceptors (Lipinski definition) is 3. The Hall–Kier alpha value is -1.90. The van der Waals surface area contributed by atoms with Gasteiger partial charge in [0.25, 0.3) is 0 Å². The highest BCUT2D eigenvalue weighted by Gasteiger charge is 2.21. The summed E-state index contributed by atoms with van der Waals surface area (Å²) in [6, 6.07) is 9.60. The molecule has 0 unspecified atom stereocenters. The lowest BCUT2D eigenvalue weighted by Gasteiger charge is -1.94. The Kier molecular flexibility index (Phi) is 2.14. The van der Waals surface area contributed by atoms with E-state index >= 15 is 0 Å². The van der Waals surface area contributed by atoms with Gasteiger partial charge in [0, 0.05) is 0 Å². The smallest absolute Gasteiger partial charge is 0.312 e. The second-order valence-corrected chi connectivity index (χ2v) is 3.02. The van der Waals surface area contributed by atoms with Crippen LogP contribution in [0, 0.1) is 0 Å². The molecule has 0 aliphatic carbocycles. The normalized spacial score (nSPS) is 18.2. The first-order valence-corrected chi connectivity index (χ1v) is 4.30. The summed E-state index contributed by atoms with van der Waals surface area (Å²) in [5.74, 6) is -0.383. The highest BCUT2D eigenvalue weighted by Crippen LogP contribution is 2.14. The molecule has 1 aromatic rings. The average Bonchev–Trinajstić information content (AvgIpc) is 2.51. The third kappa shape index (κ3) is 1.57. The van der Waals surface area contributed by atoms with E-state index in [-0.39, 0.29) is 5.97 Å². The van der Waals surface area contributed by atoms with E-state index in [2.05, 4.69) is 9.99 Å². The largest absolute Gasteiger partial charge is 0.367 e. The highest BCUT2D eigenvalue weighted by molar-refractivity contribution is 6.24. The molecular formula is C11H9NO2. The number of hydrogen-bond donors (Lipinski definition) is 0. The van der Waals surface area contributed by atoms with Crippen LogP contribution in [-0.4, -0.2) is 11.7 Å². The van der Waals surface area contributed by atoms with Gasteiger partial charge in [-0.3, -0.25) is 0 Å². The van der Waals surface area contributed by atoms with E-state index in [9.17, 15) is 4.79 Å². The molecule has 0 atom stereocenters. The lowest BCUT2D eigenvalue weighted by Crippen LogP contribution is -2.01. The number of carbonyl (C=O) groups is 1. The van der Waals surface area contributed by atoms with Crippen molar-refractivity contribution in [3.05, 3.63) is 41.5 Å². The van der Waals surface area contributed by atoms with Crippen molar-refractivity contribution in [2.24, 2.45) is 5.16 Å². The molecule has 1 aliphatic rings. The highest BCUT2D eigenvalue weighted by atomic mass is 16.7. The predicted molar refractivity (Wildman–Crippen MR) is 53.6 cm³/mol. The maximum atomic E-state index is 11.2. The Morgan fingerprint density at radius 3 is 2.57 bits per heavy atom. The van der Waals surface area contributed by atoms with Crippen molar-refractivity contribution < 1.29 is 9.63 Å². The summed E-state index contributed by atoms with van der Waals surface area (Å²) >= 11 is 0. The maximum Gasteiger partial charge on any atom is 0.367 e. The van der Waals surface area contributed by atoms with Crippen LogP contribution >= 0.6 is 0 Å². The van der Waals surface area contributed by atoms with Crippen molar-refractivity contribution in [3.8, 4) is 0 Å². The molecule has 1 aromatic carbocycles. The van der Waals surface area contributed by atoms with Gasteiger partial charge in [0.1, 0.15) is 0 Å². The van der Waals surface area contributed by atoms with E-state index in [1.54, 1.807) is 13.0 Å². The fourth-order valence-corrected chi connectivity index (χ4v) is 1.24. The van der Waals surface area contributed by atoms with Gasteiger partial charge in [-0.25, -0.2) is 4.79 Å². The Morgan fingerprint density at radius 2 is 2.00 bits per heavy atom. The lowest BCUT2D eigenvalue weighted by atomic mass is 10.1. The number of oxime groups is 1. The quantitative estimate of drug-likeness (QED) is 0.498. The average molecular weight is 187 g/mol. The Balaban J connectivity index is 2.36. The van der Waals surface area contributed by atoms with Gasteiger partial charge in [-0.15, -0.1) is 0 Å². The van der Waals surface area contributed by atoms with Crippen molar-refractivity contribution in [2.75, 3.05) is 0 Å². The minimum Gasteiger partial charge on any atom is -0.312 e. The summed E-state index contributed by atoms with van der Waals surface area (Å²) in [5, 5.41) is 3.59. The third-order valence-electron chi connectivity index (χ3n) is 1.99. The van der Waals surface area contributed by atoms with Crippen LogP contribution in [0.25, 0.3) is 6.08 Å². The predicted octanol–water partition coefficient (Wildman–Crippen LogP) is 2.00. The second kappa shape index (κ2) is 3.46. The zero-order valence-electron chi connectivity index (χ0n) is 7.73. The molecule has 0 bridgehead atoms. The Labute approximate surface area is 81.7 Å². The summed E-state index contributed by atoms with van der Waals surface area (Å²) in [4.78, 5) is 15.7. The second-order valence-electron chi connectivity index (χ2n) is 3.02. The van der Waals surface area contributed by atoms with Crippen LogP contribution in [0.1, 0.15) is 12.5 Å². The van der Waals surface area contributed by atoms with Gasteiger partial charge >= 0.3 is 5.97 Å². The van der Waals surface area contributed by atoms with Crippen LogP contribution in [0.2, 0.25) is 0 Å². The summed E-state index contributed by atoms with van der Waals surface area (Å²) in [7, 11) is 0. The van der Waals surface area contributed by atoms with Gasteiger partial charge in [0.15, 0.2) is 0 Å². The molecular weight excluding hydrogens is 178 g/mol. The van der Waals surface area contributed by atoms with Crippen LogP contribution in [0.5, 0.6) is 0 Å². The number of nitrogens with zero attached hydrogens (tertiary/aromatic N) is 1. The van der Waals surface area contributed by atoms with Crippen molar-refractivity contribution in [3.63, 3.8) is 0 Å². The fourth-order valence-electron chi connectivity index (χ4n) is 1.24. The van der Waals surface area contributed by atoms with Crippen LogP contribution in [0.3, 0.4) is 0 Å². The topological polar surface area (TPSA) is 38.7 Å². The molecule has 2 rings (SSSR count). The lowest BCUT2D eigenvalue weighted by molar-refractivity contribution is -0.136. The minimum atomic E-state index is -0.383. The van der Waals surface area contributed by atoms with E-state index in [0.29, 0.717) is 11.3 Å². The van der Waals surface area contributed by atoms with Crippen LogP contribution in [0.15, 0.2) is 41.1 Å². The van der Waals surface area contributed by atoms with Crippen LogP contribution in [0.4, 0.5) is 0 Å². The summed E-state index contributed by atoms with van der Waals surface area (Å²) < 4.78 is 0. The molecule has 0 saturated heterocycles. The SMILES string of the molecule is CC1=NOC(=O)/C1=C/c1ccccc1. The van der Waals surface area contributed by atoms with E-state index in [1.807, 2.05) is 30.3 Å². The fraction of sp³-hybridized carbons (Fsp3) is 0.0909. The molecule has 0 amide bonds. The van der Waals surface area contributed by atoms with E-state index < -0.39 is 0 Å². The molecule has 0 spiro atoms. The van der Waals surface area contributed by atoms with Crippen molar-refractivity contribution >= 4 is 17.8 Å². The monoisotopic (exact) mass is 187 g/mol. The van der Waals surface area contributed by atoms with Gasteiger partial charge < -0.3 is 4.84 Å². The number of rotatable bonds is 1. The standard InChI is InChI=1S/C11H9NO2/c1-8-10(11(13)14-12-8)7-9-5-3-2-4-6-9/h2-7H,1H3/b10-7+. The van der Waals surface area contributed by atoms with Crippen LogP contribution in [-0.2, 0) is 9.63 Å². The van der Waals surface area contributed by atoms with Crippen molar-refractivity contribution in [1.29, 1.82) is 0 Å². The molecule has 3 heteroatoms. The first-order valence-electron chi connectivity index (χ1n) is 4.30. The van der Waals surface area contributed by atoms with Gasteiger partial charge in [-0.2, -0.15) is 0 Å². The molecule has 70 valence electrons. The molecule has 1 heterocycles. The van der Waals surface area contributed by atoms with Gasteiger partial charge in [0.05, 0.1) is 11.3 Å². The Morgan fingerprint density at radius 1 is 1.29 bits per heavy atom. The Bertz CT molecular complexity index is 418. The van der Waals surface area contributed by atoms with E-state index in [0.717, 1.165) is 5.56 Å². The molecule has 14 heavy (non-hydrogen) atoms. The van der Waals surface area contributed by atoms with Crippen molar-refractivity contribution in [2.45, 2.75) is 6.92 Å². The van der Waals surface area contributed by atoms with Crippen molar-refractivity contribution in [1.82, 2.24) is 0 Å². The number of benzene rings is 1. The third-order valence-corrected chi connectivity index (χ3v) is 1.99. The summed E-state index contributed by atoms with van der Waals surface area (Å²) in [6.07, 6.45) is 1.77. The first-order chi connectivity index (χ1) is 6.77. The summed E-state index contributed by atoms with van der Waals surface area (Å²) in [6.45, 7) is 1.75. The first kappa shape index (κ1) is 8.69. The van der Waals surface area contributed by atoms with Gasteiger partial charge in [-0.05, 0) is 18.6 Å². The van der Waals surface area contributed by atoms with Gasteiger partial charge in [-0.1, -0.05) is 35.5 Å². The zero-order valence-corrected chi connectivity index (χ0v) is 7.73.